The zero-order valence-electron chi connectivity index (χ0n) is 15.0. The van der Waals surface area contributed by atoms with E-state index in [9.17, 15) is 13.2 Å². The first-order valence-corrected chi connectivity index (χ1v) is 9.87. The van der Waals surface area contributed by atoms with Crippen LogP contribution in [0.3, 0.4) is 0 Å². The maximum atomic E-state index is 12.4. The van der Waals surface area contributed by atoms with Gasteiger partial charge < -0.3 is 14.5 Å². The highest BCUT2D eigenvalue weighted by Crippen LogP contribution is 2.24. The minimum atomic E-state index is -3.38. The molecule has 1 aromatic heterocycles. The first-order chi connectivity index (χ1) is 11.7. The molecule has 1 aliphatic heterocycles. The Morgan fingerprint density at radius 2 is 2.00 bits per heavy atom. The first kappa shape index (κ1) is 19.4. The van der Waals surface area contributed by atoms with Gasteiger partial charge in [-0.05, 0) is 12.8 Å². The average Bonchev–Trinajstić information content (AvgIpc) is 2.54. The van der Waals surface area contributed by atoms with Crippen LogP contribution in [0.15, 0.2) is 12.4 Å². The highest BCUT2D eigenvalue weighted by Gasteiger charge is 2.28. The smallest absolute Gasteiger partial charge is 0.257 e. The number of amides is 1. The van der Waals surface area contributed by atoms with Gasteiger partial charge in [-0.15, -0.1) is 0 Å². The van der Waals surface area contributed by atoms with Crippen LogP contribution in [-0.2, 0) is 14.8 Å². The van der Waals surface area contributed by atoms with E-state index in [-0.39, 0.29) is 18.6 Å². The Kier molecular flexibility index (Phi) is 6.17. The molecule has 0 radical (unpaired) electrons. The maximum absolute atomic E-state index is 12.4. The first-order valence-electron chi connectivity index (χ1n) is 8.02. The van der Waals surface area contributed by atoms with E-state index in [4.69, 9.17) is 4.74 Å². The summed E-state index contributed by atoms with van der Waals surface area (Å²) in [6.07, 6.45) is 5.64. The van der Waals surface area contributed by atoms with Gasteiger partial charge in [-0.1, -0.05) is 0 Å². The van der Waals surface area contributed by atoms with E-state index in [0.29, 0.717) is 24.8 Å². The van der Waals surface area contributed by atoms with Crippen LogP contribution in [0.25, 0.3) is 0 Å². The largest absolute Gasteiger partial charge is 0.470 e. The monoisotopic (exact) mass is 371 g/mol. The quantitative estimate of drug-likeness (QED) is 0.683. The number of hydrogen-bond acceptors (Lipinski definition) is 7. The standard InChI is InChI=1S/C15H25N5O4S/c1-18(2)14-15(17-8-7-16-14)24-12-6-5-9-20(10-12)13(21)11-19(3)25(4,22)23/h7-8,12H,5-6,9-11H2,1-4H3/t12-/m1/s1. The number of ether oxygens (including phenoxy) is 1. The van der Waals surface area contributed by atoms with Crippen molar-refractivity contribution in [1.29, 1.82) is 0 Å². The maximum Gasteiger partial charge on any atom is 0.257 e. The third kappa shape index (κ3) is 5.27. The zero-order valence-corrected chi connectivity index (χ0v) is 15.9. The molecule has 25 heavy (non-hydrogen) atoms. The summed E-state index contributed by atoms with van der Waals surface area (Å²) in [7, 11) is 1.73. The van der Waals surface area contributed by atoms with Gasteiger partial charge in [0.25, 0.3) is 5.88 Å². The molecule has 1 saturated heterocycles. The second kappa shape index (κ2) is 7.96. The Morgan fingerprint density at radius 1 is 1.32 bits per heavy atom. The number of likely N-dealkylation sites (N-methyl/N-ethyl adjacent to an activating group) is 1. The minimum Gasteiger partial charge on any atom is -0.470 e. The number of rotatable bonds is 6. The number of carbonyl (C=O) groups excluding carboxylic acids is 1. The van der Waals surface area contributed by atoms with Crippen LogP contribution in [-0.4, -0.2) is 86.6 Å². The molecule has 1 aromatic rings. The van der Waals surface area contributed by atoms with E-state index in [1.807, 2.05) is 19.0 Å². The predicted octanol–water partition coefficient (Wildman–Crippen LogP) is -0.196. The summed E-state index contributed by atoms with van der Waals surface area (Å²) in [4.78, 5) is 24.3. The molecule has 1 amide bonds. The summed E-state index contributed by atoms with van der Waals surface area (Å²) in [6.45, 7) is 0.830. The molecule has 0 aliphatic carbocycles. The molecular formula is C15H25N5O4S. The van der Waals surface area contributed by atoms with Gasteiger partial charge in [-0.3, -0.25) is 4.79 Å². The SMILES string of the molecule is CN(C)c1nccnc1O[C@@H]1CCCN(C(=O)CN(C)S(C)(=O)=O)C1. The molecule has 10 heteroatoms. The van der Waals surface area contributed by atoms with Crippen molar-refractivity contribution in [3.8, 4) is 5.88 Å². The van der Waals surface area contributed by atoms with E-state index >= 15 is 0 Å². The Morgan fingerprint density at radius 3 is 2.64 bits per heavy atom. The summed E-state index contributed by atoms with van der Waals surface area (Å²) in [6, 6.07) is 0. The highest BCUT2D eigenvalue weighted by molar-refractivity contribution is 7.88. The molecule has 1 atom stereocenters. The molecule has 2 heterocycles. The van der Waals surface area contributed by atoms with Crippen molar-refractivity contribution in [2.24, 2.45) is 0 Å². The number of aromatic nitrogens is 2. The zero-order chi connectivity index (χ0) is 18.6. The summed E-state index contributed by atoms with van der Waals surface area (Å²) in [5.74, 6) is 0.830. The fraction of sp³-hybridized carbons (Fsp3) is 0.667. The van der Waals surface area contributed by atoms with Gasteiger partial charge in [-0.2, -0.15) is 4.31 Å². The molecule has 1 fully saturated rings. The summed E-state index contributed by atoms with van der Waals surface area (Å²) < 4.78 is 29.9. The van der Waals surface area contributed by atoms with Crippen LogP contribution >= 0.6 is 0 Å². The Labute approximate surface area is 148 Å². The molecule has 2 rings (SSSR count). The van der Waals surface area contributed by atoms with Crippen molar-refractivity contribution >= 4 is 21.7 Å². The number of carbonyl (C=O) groups is 1. The van der Waals surface area contributed by atoms with Crippen LogP contribution in [0.2, 0.25) is 0 Å². The lowest BCUT2D eigenvalue weighted by Gasteiger charge is -2.33. The van der Waals surface area contributed by atoms with Gasteiger partial charge in [0.1, 0.15) is 6.10 Å². The van der Waals surface area contributed by atoms with E-state index in [2.05, 4.69) is 9.97 Å². The van der Waals surface area contributed by atoms with Crippen molar-refractivity contribution in [3.63, 3.8) is 0 Å². The minimum absolute atomic E-state index is 0.167. The molecule has 0 N–H and O–H groups in total. The van der Waals surface area contributed by atoms with E-state index in [1.165, 1.54) is 7.05 Å². The van der Waals surface area contributed by atoms with Crippen molar-refractivity contribution in [2.45, 2.75) is 18.9 Å². The lowest BCUT2D eigenvalue weighted by molar-refractivity contribution is -0.133. The lowest BCUT2D eigenvalue weighted by Crippen LogP contribution is -2.48. The van der Waals surface area contributed by atoms with Crippen molar-refractivity contribution in [1.82, 2.24) is 19.2 Å². The molecule has 0 spiro atoms. The summed E-state index contributed by atoms with van der Waals surface area (Å²) >= 11 is 0. The predicted molar refractivity (Wildman–Crippen MR) is 94.1 cm³/mol. The second-order valence-corrected chi connectivity index (χ2v) is 8.41. The van der Waals surface area contributed by atoms with Gasteiger partial charge >= 0.3 is 0 Å². The second-order valence-electron chi connectivity index (χ2n) is 6.32. The van der Waals surface area contributed by atoms with Crippen LogP contribution < -0.4 is 9.64 Å². The third-order valence-electron chi connectivity index (χ3n) is 4.00. The Bertz CT molecular complexity index is 710. The van der Waals surface area contributed by atoms with Crippen molar-refractivity contribution in [3.05, 3.63) is 12.4 Å². The number of piperidine rings is 1. The third-order valence-corrected chi connectivity index (χ3v) is 5.26. The normalized spacial score (nSPS) is 18.3. The molecule has 0 bridgehead atoms. The molecule has 0 saturated carbocycles. The summed E-state index contributed by atoms with van der Waals surface area (Å²) in [5, 5.41) is 0. The average molecular weight is 371 g/mol. The number of likely N-dealkylation sites (tertiary alicyclic amines) is 1. The fourth-order valence-electron chi connectivity index (χ4n) is 2.53. The van der Waals surface area contributed by atoms with Gasteiger partial charge in [-0.25, -0.2) is 18.4 Å². The van der Waals surface area contributed by atoms with Gasteiger partial charge in [0.2, 0.25) is 15.9 Å². The fourth-order valence-corrected chi connectivity index (χ4v) is 2.88. The molecule has 0 aromatic carbocycles. The van der Waals surface area contributed by atoms with E-state index in [1.54, 1.807) is 17.3 Å². The van der Waals surface area contributed by atoms with Crippen LogP contribution in [0.1, 0.15) is 12.8 Å². The van der Waals surface area contributed by atoms with E-state index < -0.39 is 10.0 Å². The molecule has 9 nitrogen and oxygen atoms in total. The number of hydrogen-bond donors (Lipinski definition) is 0. The summed E-state index contributed by atoms with van der Waals surface area (Å²) in [5.41, 5.74) is 0. The van der Waals surface area contributed by atoms with Crippen LogP contribution in [0.5, 0.6) is 5.88 Å². The molecule has 1 aliphatic rings. The molecule has 0 unspecified atom stereocenters. The van der Waals surface area contributed by atoms with E-state index in [0.717, 1.165) is 23.4 Å². The van der Waals surface area contributed by atoms with Gasteiger partial charge in [0.05, 0.1) is 19.3 Å². The van der Waals surface area contributed by atoms with Crippen LogP contribution in [0.4, 0.5) is 5.82 Å². The van der Waals surface area contributed by atoms with Gasteiger partial charge in [0, 0.05) is 40.1 Å². The number of anilines is 1. The van der Waals surface area contributed by atoms with Crippen molar-refractivity contribution in [2.75, 3.05) is 51.9 Å². The van der Waals surface area contributed by atoms with Gasteiger partial charge in [0.15, 0.2) is 5.82 Å². The van der Waals surface area contributed by atoms with Crippen molar-refractivity contribution < 1.29 is 17.9 Å². The molecular weight excluding hydrogens is 346 g/mol. The van der Waals surface area contributed by atoms with Crippen LogP contribution in [0, 0.1) is 0 Å². The number of nitrogens with zero attached hydrogens (tertiary/aromatic N) is 5. The Hall–Kier alpha value is -1.94. The topological polar surface area (TPSA) is 95.9 Å². The number of sulfonamides is 1. The Balaban J connectivity index is 2.00. The highest BCUT2D eigenvalue weighted by atomic mass is 32.2. The molecule has 140 valence electrons. The lowest BCUT2D eigenvalue weighted by atomic mass is 10.1.